The summed E-state index contributed by atoms with van der Waals surface area (Å²) < 4.78 is 14.8. The van der Waals surface area contributed by atoms with Crippen molar-refractivity contribution in [2.75, 3.05) is 33.2 Å². The second-order valence-electron chi connectivity index (χ2n) is 6.34. The molecule has 126 valence electrons. The minimum Gasteiger partial charge on any atom is -0.492 e. The first-order valence-electron chi connectivity index (χ1n) is 8.06. The van der Waals surface area contributed by atoms with E-state index in [-0.39, 0.29) is 17.7 Å². The summed E-state index contributed by atoms with van der Waals surface area (Å²) >= 11 is 1.45. The number of halogens is 1. The first kappa shape index (κ1) is 15.5. The number of nitrogens with zero attached hydrogens (tertiary/aromatic N) is 3. The number of quaternary nitrogens is 2. The second-order valence-corrected chi connectivity index (χ2v) is 7.35. The largest absolute Gasteiger partial charge is 0.492 e. The molecular weight excluding hydrogens is 329 g/mol. The van der Waals surface area contributed by atoms with Gasteiger partial charge in [-0.15, -0.1) is 0 Å². The van der Waals surface area contributed by atoms with Gasteiger partial charge in [0.2, 0.25) is 10.8 Å². The molecule has 24 heavy (non-hydrogen) atoms. The lowest BCUT2D eigenvalue weighted by atomic mass is 10.0. The molecule has 6 nitrogen and oxygen atoms in total. The van der Waals surface area contributed by atoms with E-state index in [1.807, 2.05) is 12.1 Å². The van der Waals surface area contributed by atoms with E-state index < -0.39 is 0 Å². The van der Waals surface area contributed by atoms with Crippen molar-refractivity contribution in [3.8, 4) is 5.88 Å². The summed E-state index contributed by atoms with van der Waals surface area (Å²) in [4.78, 5) is 8.60. The van der Waals surface area contributed by atoms with Gasteiger partial charge in [0.25, 0.3) is 0 Å². The van der Waals surface area contributed by atoms with Gasteiger partial charge in [0, 0.05) is 5.56 Å². The Morgan fingerprint density at radius 1 is 1.21 bits per heavy atom. The Morgan fingerprint density at radius 3 is 2.58 bits per heavy atom. The summed E-state index contributed by atoms with van der Waals surface area (Å²) in [6, 6.07) is 6.56. The Hall–Kier alpha value is -2.03. The van der Waals surface area contributed by atoms with Crippen LogP contribution >= 0.6 is 11.3 Å². The maximum atomic E-state index is 13.4. The first-order valence-corrected chi connectivity index (χ1v) is 8.88. The number of rotatable bonds is 3. The Balaban J connectivity index is 1.78. The molecule has 0 radical (unpaired) electrons. The molecule has 2 aromatic heterocycles. The van der Waals surface area contributed by atoms with Crippen molar-refractivity contribution < 1.29 is 19.3 Å². The highest BCUT2D eigenvalue weighted by molar-refractivity contribution is 7.17. The molecule has 0 bridgehead atoms. The average molecular weight is 349 g/mol. The Bertz CT molecular complexity index is 838. The minimum atomic E-state index is -0.248. The molecule has 0 spiro atoms. The van der Waals surface area contributed by atoms with Gasteiger partial charge in [0.15, 0.2) is 6.04 Å². The second kappa shape index (κ2) is 6.12. The molecule has 0 unspecified atom stereocenters. The Kier molecular flexibility index (Phi) is 3.95. The zero-order valence-electron chi connectivity index (χ0n) is 13.4. The molecule has 1 atom stereocenters. The third-order valence-electron chi connectivity index (χ3n) is 4.76. The highest BCUT2D eigenvalue weighted by Crippen LogP contribution is 2.34. The summed E-state index contributed by atoms with van der Waals surface area (Å²) in [5.74, 6) is -0.109. The number of likely N-dealkylation sites (N-methyl/N-ethyl adjacent to an activating group) is 1. The first-order chi connectivity index (χ1) is 11.6. The highest BCUT2D eigenvalue weighted by atomic mass is 32.1. The molecule has 0 aliphatic carbocycles. The normalized spacial score (nSPS) is 22.8. The number of hydrogen-bond acceptors (Lipinski definition) is 4. The fourth-order valence-electron chi connectivity index (χ4n) is 3.40. The monoisotopic (exact) mass is 349 g/mol. The molecule has 0 amide bonds. The fraction of sp³-hybridized carbons (Fsp3) is 0.375. The zero-order valence-corrected chi connectivity index (χ0v) is 14.2. The third kappa shape index (κ3) is 2.66. The van der Waals surface area contributed by atoms with Crippen molar-refractivity contribution in [1.29, 1.82) is 0 Å². The molecular formula is C16H20FN5OS+2. The molecule has 1 aromatic carbocycles. The van der Waals surface area contributed by atoms with Crippen LogP contribution in [0.5, 0.6) is 5.88 Å². The van der Waals surface area contributed by atoms with Crippen LogP contribution in [0.2, 0.25) is 0 Å². The molecule has 1 aliphatic heterocycles. The summed E-state index contributed by atoms with van der Waals surface area (Å²) in [5.41, 5.74) is 1.01. The van der Waals surface area contributed by atoms with Crippen molar-refractivity contribution in [3.05, 3.63) is 46.9 Å². The van der Waals surface area contributed by atoms with Gasteiger partial charge in [-0.1, -0.05) is 11.3 Å². The highest BCUT2D eigenvalue weighted by Gasteiger charge is 2.35. The molecule has 1 saturated heterocycles. The van der Waals surface area contributed by atoms with E-state index in [0.717, 1.165) is 36.6 Å². The fourth-order valence-corrected chi connectivity index (χ4v) is 4.51. The van der Waals surface area contributed by atoms with Crippen molar-refractivity contribution in [3.63, 3.8) is 0 Å². The topological polar surface area (TPSA) is 59.3 Å². The maximum Gasteiger partial charge on any atom is 0.235 e. The number of piperazine rings is 1. The van der Waals surface area contributed by atoms with Gasteiger partial charge >= 0.3 is 0 Å². The third-order valence-corrected chi connectivity index (χ3v) is 5.86. The quantitative estimate of drug-likeness (QED) is 0.577. The van der Waals surface area contributed by atoms with Crippen LogP contribution in [0.4, 0.5) is 4.39 Å². The van der Waals surface area contributed by atoms with Gasteiger partial charge in [-0.05, 0) is 24.3 Å². The van der Waals surface area contributed by atoms with Crippen LogP contribution in [0.1, 0.15) is 16.5 Å². The van der Waals surface area contributed by atoms with Crippen LogP contribution in [0.15, 0.2) is 30.6 Å². The predicted molar refractivity (Wildman–Crippen MR) is 88.1 cm³/mol. The zero-order chi connectivity index (χ0) is 16.7. The van der Waals surface area contributed by atoms with Gasteiger partial charge in [-0.25, -0.2) is 9.37 Å². The molecule has 0 saturated carbocycles. The average Bonchev–Trinajstić information content (AvgIpc) is 3.15. The van der Waals surface area contributed by atoms with Crippen LogP contribution in [0, 0.1) is 5.82 Å². The van der Waals surface area contributed by atoms with Crippen LogP contribution in [0.25, 0.3) is 4.96 Å². The van der Waals surface area contributed by atoms with E-state index in [4.69, 9.17) is 0 Å². The molecule has 4 rings (SSSR count). The lowest BCUT2D eigenvalue weighted by molar-refractivity contribution is -1.02. The van der Waals surface area contributed by atoms with Gasteiger partial charge in [0.05, 0.1) is 7.05 Å². The summed E-state index contributed by atoms with van der Waals surface area (Å²) in [5, 5.41) is 14.7. The number of aromatic nitrogens is 3. The molecule has 1 aliphatic rings. The number of nitrogens with one attached hydrogen (secondary N) is 2. The molecule has 1 fully saturated rings. The van der Waals surface area contributed by atoms with Crippen LogP contribution < -0.4 is 9.80 Å². The summed E-state index contributed by atoms with van der Waals surface area (Å²) in [7, 11) is 2.20. The summed E-state index contributed by atoms with van der Waals surface area (Å²) in [6.07, 6.45) is 1.44. The predicted octanol–water partition coefficient (Wildman–Crippen LogP) is -0.862. The van der Waals surface area contributed by atoms with Crippen molar-refractivity contribution in [2.45, 2.75) is 6.04 Å². The van der Waals surface area contributed by atoms with Crippen molar-refractivity contribution in [2.24, 2.45) is 0 Å². The lowest BCUT2D eigenvalue weighted by Gasteiger charge is -2.33. The Labute approximate surface area is 142 Å². The number of fused-ring (bicyclic) bond motifs is 1. The van der Waals surface area contributed by atoms with Gasteiger partial charge in [-0.2, -0.15) is 9.61 Å². The summed E-state index contributed by atoms with van der Waals surface area (Å²) in [6.45, 7) is 4.16. The van der Waals surface area contributed by atoms with E-state index >= 15 is 0 Å². The van der Waals surface area contributed by atoms with Crippen LogP contribution in [-0.4, -0.2) is 52.9 Å². The van der Waals surface area contributed by atoms with E-state index in [0.29, 0.717) is 4.96 Å². The number of aromatic hydroxyl groups is 1. The van der Waals surface area contributed by atoms with Crippen molar-refractivity contribution in [1.82, 2.24) is 14.6 Å². The lowest BCUT2D eigenvalue weighted by Crippen LogP contribution is -3.27. The Morgan fingerprint density at radius 2 is 1.92 bits per heavy atom. The van der Waals surface area contributed by atoms with Gasteiger partial charge < -0.3 is 14.9 Å². The van der Waals surface area contributed by atoms with Gasteiger partial charge in [-0.3, -0.25) is 0 Å². The molecule has 3 heterocycles. The smallest absolute Gasteiger partial charge is 0.235 e. The van der Waals surface area contributed by atoms with Crippen molar-refractivity contribution >= 4 is 16.3 Å². The minimum absolute atomic E-state index is 0.0350. The van der Waals surface area contributed by atoms with Crippen LogP contribution in [0.3, 0.4) is 0 Å². The molecule has 8 heteroatoms. The van der Waals surface area contributed by atoms with E-state index in [2.05, 4.69) is 17.1 Å². The van der Waals surface area contributed by atoms with E-state index in [9.17, 15) is 9.50 Å². The number of thiazole rings is 1. The van der Waals surface area contributed by atoms with Crippen LogP contribution in [-0.2, 0) is 0 Å². The molecule has 3 N–H and O–H groups in total. The van der Waals surface area contributed by atoms with E-state index in [1.165, 1.54) is 44.1 Å². The molecule has 3 aromatic rings. The maximum absolute atomic E-state index is 13.4. The standard InChI is InChI=1S/C16H18FN5OS/c1-20-6-8-21(9-7-20)13(11-2-4-12(17)5-3-11)14-15(23)22-16(24-14)18-10-19-22/h2-5,10,13,23H,6-9H2,1H3/p+2/t13-/m1/s1. The number of hydrogen-bond donors (Lipinski definition) is 3. The number of benzene rings is 1. The SMILES string of the molecule is C[NH+]1CC[NH+]([C@H](c2ccc(F)cc2)c2sc3ncnn3c2O)CC1. The van der Waals surface area contributed by atoms with Gasteiger partial charge in [0.1, 0.15) is 43.2 Å². The van der Waals surface area contributed by atoms with E-state index in [1.54, 1.807) is 0 Å².